The van der Waals surface area contributed by atoms with Crippen LogP contribution in [0.3, 0.4) is 0 Å². The zero-order valence-electron chi connectivity index (χ0n) is 19.5. The quantitative estimate of drug-likeness (QED) is 0.396. The number of aromatic nitrogens is 3. The molecule has 1 aromatic carbocycles. The highest BCUT2D eigenvalue weighted by atomic mass is 16.5. The van der Waals surface area contributed by atoms with Crippen LogP contribution in [0, 0.1) is 0 Å². The molecule has 2 N–H and O–H groups in total. The molecular formula is C27H27N5O3. The molecule has 5 rings (SSSR count). The zero-order chi connectivity index (χ0) is 24.0. The van der Waals surface area contributed by atoms with Crippen LogP contribution in [0.1, 0.15) is 0 Å². The van der Waals surface area contributed by atoms with Crippen molar-refractivity contribution in [3.63, 3.8) is 0 Å². The Balaban J connectivity index is 1.33. The second-order valence-corrected chi connectivity index (χ2v) is 8.29. The van der Waals surface area contributed by atoms with E-state index in [4.69, 9.17) is 9.47 Å². The van der Waals surface area contributed by atoms with E-state index in [1.165, 1.54) is 0 Å². The number of carbonyl (C=O) groups excluding carboxylic acids is 1. The van der Waals surface area contributed by atoms with Crippen LogP contribution in [0.2, 0.25) is 0 Å². The molecule has 1 amide bonds. The van der Waals surface area contributed by atoms with Gasteiger partial charge in [-0.15, -0.1) is 0 Å². The van der Waals surface area contributed by atoms with E-state index < -0.39 is 0 Å². The molecule has 4 heterocycles. The molecule has 0 unspecified atom stereocenters. The molecule has 0 spiro atoms. The summed E-state index contributed by atoms with van der Waals surface area (Å²) in [5.74, 6) is 0.409. The fourth-order valence-electron chi connectivity index (χ4n) is 4.14. The number of anilines is 1. The van der Waals surface area contributed by atoms with Gasteiger partial charge in [-0.25, -0.2) is 9.97 Å². The van der Waals surface area contributed by atoms with Crippen LogP contribution in [0.5, 0.6) is 5.88 Å². The number of nitrogens with one attached hydrogen (secondary N) is 2. The van der Waals surface area contributed by atoms with Gasteiger partial charge in [-0.3, -0.25) is 9.69 Å². The van der Waals surface area contributed by atoms with Crippen molar-refractivity contribution >= 4 is 22.6 Å². The van der Waals surface area contributed by atoms with Crippen molar-refractivity contribution in [3.8, 4) is 28.1 Å². The predicted octanol–water partition coefficient (Wildman–Crippen LogP) is 4.13. The Morgan fingerprint density at radius 2 is 2.03 bits per heavy atom. The number of H-pyrrole nitrogens is 1. The van der Waals surface area contributed by atoms with E-state index in [-0.39, 0.29) is 5.91 Å². The Morgan fingerprint density at radius 3 is 2.89 bits per heavy atom. The Morgan fingerprint density at radius 1 is 1.14 bits per heavy atom. The van der Waals surface area contributed by atoms with Gasteiger partial charge in [0.15, 0.2) is 0 Å². The minimum atomic E-state index is -0.149. The van der Waals surface area contributed by atoms with E-state index in [1.54, 1.807) is 19.4 Å². The second kappa shape index (κ2) is 10.5. The van der Waals surface area contributed by atoms with Crippen molar-refractivity contribution in [3.05, 3.63) is 73.2 Å². The maximum Gasteiger partial charge on any atom is 0.248 e. The number of nitrogens with zero attached hydrogens (tertiary/aromatic N) is 3. The summed E-state index contributed by atoms with van der Waals surface area (Å²) in [5.41, 5.74) is 5.47. The molecule has 1 aliphatic heterocycles. The highest BCUT2D eigenvalue weighted by molar-refractivity contribution is 6.00. The Hall–Kier alpha value is -4.01. The molecule has 0 atom stereocenters. The number of pyridine rings is 2. The number of hydrogen-bond acceptors (Lipinski definition) is 6. The van der Waals surface area contributed by atoms with E-state index in [2.05, 4.69) is 31.2 Å². The third-order valence-corrected chi connectivity index (χ3v) is 5.99. The van der Waals surface area contributed by atoms with Crippen molar-refractivity contribution in [1.82, 2.24) is 19.9 Å². The number of ether oxygens (including phenoxy) is 2. The smallest absolute Gasteiger partial charge is 0.248 e. The fraction of sp³-hybridized carbons (Fsp3) is 0.222. The largest absolute Gasteiger partial charge is 0.481 e. The summed E-state index contributed by atoms with van der Waals surface area (Å²) in [6, 6.07) is 13.7. The zero-order valence-corrected chi connectivity index (χ0v) is 19.5. The molecule has 1 saturated heterocycles. The van der Waals surface area contributed by atoms with Gasteiger partial charge in [-0.1, -0.05) is 18.2 Å². The van der Waals surface area contributed by atoms with Crippen LogP contribution in [-0.4, -0.2) is 65.7 Å². The van der Waals surface area contributed by atoms with Gasteiger partial charge in [0.2, 0.25) is 11.8 Å². The number of rotatable bonds is 7. The van der Waals surface area contributed by atoms with Crippen LogP contribution < -0.4 is 10.1 Å². The molecular weight excluding hydrogens is 442 g/mol. The van der Waals surface area contributed by atoms with Gasteiger partial charge in [0.1, 0.15) is 5.65 Å². The number of hydrogen-bond donors (Lipinski definition) is 2. The molecule has 0 bridgehead atoms. The van der Waals surface area contributed by atoms with Gasteiger partial charge in [-0.05, 0) is 35.4 Å². The number of benzene rings is 1. The first kappa shape index (κ1) is 22.8. The highest BCUT2D eigenvalue weighted by Crippen LogP contribution is 2.32. The molecule has 8 nitrogen and oxygen atoms in total. The first-order valence-corrected chi connectivity index (χ1v) is 11.6. The van der Waals surface area contributed by atoms with Crippen molar-refractivity contribution in [1.29, 1.82) is 0 Å². The van der Waals surface area contributed by atoms with Gasteiger partial charge in [0.05, 0.1) is 20.3 Å². The second-order valence-electron chi connectivity index (χ2n) is 8.29. The van der Waals surface area contributed by atoms with E-state index in [9.17, 15) is 4.79 Å². The molecule has 8 heteroatoms. The molecule has 1 fully saturated rings. The maximum absolute atomic E-state index is 12.4. The molecule has 35 heavy (non-hydrogen) atoms. The highest BCUT2D eigenvalue weighted by Gasteiger charge is 2.11. The van der Waals surface area contributed by atoms with Gasteiger partial charge in [0, 0.05) is 72.6 Å². The standard InChI is InChI=1S/C27H27N5O3/c1-34-26-16-20(7-8-28-26)24-18-30-27-23(24)15-21(17-29-27)19-4-2-5-22(14-19)31-25(33)6-3-9-32-10-12-35-13-11-32/h2-8,14-18H,9-13H2,1H3,(H,29,30)(H,31,33)/b6-3+. The van der Waals surface area contributed by atoms with E-state index >= 15 is 0 Å². The average Bonchev–Trinajstić information content (AvgIpc) is 3.33. The van der Waals surface area contributed by atoms with Crippen molar-refractivity contribution in [2.24, 2.45) is 0 Å². The van der Waals surface area contributed by atoms with Gasteiger partial charge >= 0.3 is 0 Å². The first-order valence-electron chi connectivity index (χ1n) is 11.6. The monoisotopic (exact) mass is 469 g/mol. The number of aromatic amines is 1. The fourth-order valence-corrected chi connectivity index (χ4v) is 4.14. The minimum absolute atomic E-state index is 0.149. The van der Waals surface area contributed by atoms with E-state index in [1.807, 2.05) is 54.9 Å². The molecule has 4 aromatic rings. The summed E-state index contributed by atoms with van der Waals surface area (Å²) in [4.78, 5) is 26.7. The third-order valence-electron chi connectivity index (χ3n) is 5.99. The molecule has 178 valence electrons. The lowest BCUT2D eigenvalue weighted by atomic mass is 10.0. The normalized spacial score (nSPS) is 14.4. The van der Waals surface area contributed by atoms with Gasteiger partial charge in [-0.2, -0.15) is 0 Å². The summed E-state index contributed by atoms with van der Waals surface area (Å²) >= 11 is 0. The molecule has 1 aliphatic rings. The number of carbonyl (C=O) groups is 1. The Kier molecular flexibility index (Phi) is 6.83. The van der Waals surface area contributed by atoms with Gasteiger partial charge in [0.25, 0.3) is 0 Å². The van der Waals surface area contributed by atoms with Crippen LogP contribution in [0.15, 0.2) is 73.2 Å². The SMILES string of the molecule is COc1cc(-c2c[nH]c3ncc(-c4cccc(NC(=O)/C=C/CN5CCOCC5)c4)cc23)ccn1. The lowest BCUT2D eigenvalue weighted by Gasteiger charge is -2.25. The van der Waals surface area contributed by atoms with Crippen molar-refractivity contribution < 1.29 is 14.3 Å². The average molecular weight is 470 g/mol. The number of methoxy groups -OCH3 is 1. The number of fused-ring (bicyclic) bond motifs is 1. The summed E-state index contributed by atoms with van der Waals surface area (Å²) in [5, 5.41) is 3.95. The minimum Gasteiger partial charge on any atom is -0.481 e. The molecule has 3 aromatic heterocycles. The summed E-state index contributed by atoms with van der Waals surface area (Å²) in [6.45, 7) is 4.02. The molecule has 0 radical (unpaired) electrons. The van der Waals surface area contributed by atoms with Gasteiger partial charge < -0.3 is 19.8 Å². The summed E-state index contributed by atoms with van der Waals surface area (Å²) < 4.78 is 10.6. The van der Waals surface area contributed by atoms with Crippen LogP contribution >= 0.6 is 0 Å². The van der Waals surface area contributed by atoms with E-state index in [0.717, 1.165) is 71.8 Å². The number of amides is 1. The molecule has 0 saturated carbocycles. The van der Waals surface area contributed by atoms with Crippen LogP contribution in [0.4, 0.5) is 5.69 Å². The lowest BCUT2D eigenvalue weighted by Crippen LogP contribution is -2.36. The maximum atomic E-state index is 12.4. The van der Waals surface area contributed by atoms with Crippen molar-refractivity contribution in [2.75, 3.05) is 45.3 Å². The van der Waals surface area contributed by atoms with Crippen LogP contribution in [0.25, 0.3) is 33.3 Å². The number of morpholine rings is 1. The predicted molar refractivity (Wildman–Crippen MR) is 136 cm³/mol. The topological polar surface area (TPSA) is 92.4 Å². The lowest BCUT2D eigenvalue weighted by molar-refractivity contribution is -0.111. The summed E-state index contributed by atoms with van der Waals surface area (Å²) in [6.07, 6.45) is 8.98. The first-order chi connectivity index (χ1) is 17.2. The molecule has 0 aliphatic carbocycles. The third kappa shape index (κ3) is 5.40. The van der Waals surface area contributed by atoms with Crippen LogP contribution in [-0.2, 0) is 9.53 Å². The van der Waals surface area contributed by atoms with Crippen molar-refractivity contribution in [2.45, 2.75) is 0 Å². The summed E-state index contributed by atoms with van der Waals surface area (Å²) in [7, 11) is 1.60. The van der Waals surface area contributed by atoms with E-state index in [0.29, 0.717) is 5.88 Å². The Bertz CT molecular complexity index is 1360. The Labute approximate surface area is 203 Å².